The Kier molecular flexibility index (Phi) is 4.32. The van der Waals surface area contributed by atoms with Crippen molar-refractivity contribution in [2.45, 2.75) is 32.7 Å². The van der Waals surface area contributed by atoms with E-state index in [-0.39, 0.29) is 11.9 Å². The Morgan fingerprint density at radius 1 is 1.28 bits per heavy atom. The molecule has 1 heterocycles. The van der Waals surface area contributed by atoms with Crippen LogP contribution in [0.5, 0.6) is 0 Å². The van der Waals surface area contributed by atoms with Gasteiger partial charge < -0.3 is 0 Å². The summed E-state index contributed by atoms with van der Waals surface area (Å²) in [5, 5.41) is 1.08. The molecule has 18 heavy (non-hydrogen) atoms. The fourth-order valence-electron chi connectivity index (χ4n) is 2.00. The Bertz CT molecular complexity index is 521. The van der Waals surface area contributed by atoms with E-state index in [0.29, 0.717) is 5.92 Å². The van der Waals surface area contributed by atoms with Crippen molar-refractivity contribution in [2.75, 3.05) is 0 Å². The maximum Gasteiger partial charge on any atom is 0.124 e. The van der Waals surface area contributed by atoms with E-state index in [1.165, 1.54) is 10.9 Å². The molecule has 0 radical (unpaired) electrons. The lowest BCUT2D eigenvalue weighted by molar-refractivity contribution is 0.453. The molecule has 4 heteroatoms. The van der Waals surface area contributed by atoms with Crippen LogP contribution in [-0.4, -0.2) is 0 Å². The Labute approximate surface area is 111 Å². The number of nitrogens with one attached hydrogen (secondary N) is 1. The molecule has 2 nitrogen and oxygen atoms in total. The summed E-state index contributed by atoms with van der Waals surface area (Å²) in [7, 11) is 0. The number of hydrazine groups is 1. The van der Waals surface area contributed by atoms with Crippen molar-refractivity contribution in [1.82, 2.24) is 5.43 Å². The molecule has 1 atom stereocenters. The molecule has 3 N–H and O–H groups in total. The molecule has 2 rings (SSSR count). The summed E-state index contributed by atoms with van der Waals surface area (Å²) < 4.78 is 14.1. The monoisotopic (exact) mass is 266 g/mol. The zero-order chi connectivity index (χ0) is 13.1. The van der Waals surface area contributed by atoms with Crippen molar-refractivity contribution in [3.8, 4) is 0 Å². The van der Waals surface area contributed by atoms with Crippen LogP contribution in [0.1, 0.15) is 37.6 Å². The molecule has 0 aliphatic heterocycles. The number of rotatable bonds is 5. The van der Waals surface area contributed by atoms with Crippen molar-refractivity contribution in [3.63, 3.8) is 0 Å². The van der Waals surface area contributed by atoms with Gasteiger partial charge in [-0.1, -0.05) is 19.9 Å². The number of thiophene rings is 1. The van der Waals surface area contributed by atoms with Crippen molar-refractivity contribution in [1.29, 1.82) is 0 Å². The van der Waals surface area contributed by atoms with Crippen LogP contribution in [0.15, 0.2) is 24.3 Å². The van der Waals surface area contributed by atoms with E-state index in [1.54, 1.807) is 17.4 Å². The van der Waals surface area contributed by atoms with E-state index in [4.69, 9.17) is 5.84 Å². The molecule has 1 aromatic heterocycles. The summed E-state index contributed by atoms with van der Waals surface area (Å²) in [6.07, 6.45) is 2.13. The zero-order valence-electron chi connectivity index (χ0n) is 10.7. The van der Waals surface area contributed by atoms with Gasteiger partial charge in [0.2, 0.25) is 0 Å². The van der Waals surface area contributed by atoms with Crippen LogP contribution < -0.4 is 11.3 Å². The minimum Gasteiger partial charge on any atom is -0.271 e. The van der Waals surface area contributed by atoms with E-state index in [1.807, 2.05) is 6.07 Å². The normalized spacial score (nSPS) is 13.4. The van der Waals surface area contributed by atoms with Crippen LogP contribution in [0.25, 0.3) is 10.1 Å². The second kappa shape index (κ2) is 5.78. The van der Waals surface area contributed by atoms with E-state index in [9.17, 15) is 4.39 Å². The third kappa shape index (κ3) is 3.07. The van der Waals surface area contributed by atoms with Gasteiger partial charge in [-0.25, -0.2) is 4.39 Å². The molecule has 0 aliphatic rings. The van der Waals surface area contributed by atoms with E-state index in [2.05, 4.69) is 25.3 Å². The number of nitrogens with two attached hydrogens (primary N) is 1. The second-order valence-corrected chi connectivity index (χ2v) is 6.14. The van der Waals surface area contributed by atoms with Crippen LogP contribution in [0.4, 0.5) is 4.39 Å². The predicted molar refractivity (Wildman–Crippen MR) is 75.9 cm³/mol. The number of halogens is 1. The summed E-state index contributed by atoms with van der Waals surface area (Å²) >= 11 is 1.61. The second-order valence-electron chi connectivity index (χ2n) is 5.02. The minimum absolute atomic E-state index is 0.160. The minimum atomic E-state index is -0.185. The Hall–Kier alpha value is -0.970. The Balaban J connectivity index is 2.22. The van der Waals surface area contributed by atoms with Gasteiger partial charge in [-0.15, -0.1) is 11.3 Å². The van der Waals surface area contributed by atoms with E-state index >= 15 is 0 Å². The van der Waals surface area contributed by atoms with E-state index < -0.39 is 0 Å². The summed E-state index contributed by atoms with van der Waals surface area (Å²) in [6.45, 7) is 4.40. The first-order valence-corrected chi connectivity index (χ1v) is 7.07. The van der Waals surface area contributed by atoms with Gasteiger partial charge >= 0.3 is 0 Å². The molecule has 0 bridgehead atoms. The average Bonchev–Trinajstić information content (AvgIpc) is 2.72. The van der Waals surface area contributed by atoms with Crippen LogP contribution in [0.2, 0.25) is 0 Å². The third-order valence-electron chi connectivity index (χ3n) is 3.08. The molecule has 1 aromatic carbocycles. The fraction of sp³-hybridized carbons (Fsp3) is 0.429. The molecule has 0 amide bonds. The molecular formula is C14H19FN2S. The summed E-state index contributed by atoms with van der Waals surface area (Å²) in [4.78, 5) is 1.18. The Morgan fingerprint density at radius 2 is 2.06 bits per heavy atom. The standard InChI is InChI=1S/C14H19FN2S/c1-9(2)3-6-12(17-16)14-7-10-4-5-11(15)8-13(10)18-14/h4-5,7-9,12,17H,3,6,16H2,1-2H3. The molecule has 1 unspecified atom stereocenters. The van der Waals surface area contributed by atoms with Crippen LogP contribution in [0, 0.1) is 11.7 Å². The lowest BCUT2D eigenvalue weighted by atomic mass is 10.0. The number of hydrogen-bond donors (Lipinski definition) is 2. The zero-order valence-corrected chi connectivity index (χ0v) is 11.6. The predicted octanol–water partition coefficient (Wildman–Crippen LogP) is 3.98. The van der Waals surface area contributed by atoms with Gasteiger partial charge in [0.25, 0.3) is 0 Å². The number of benzene rings is 1. The van der Waals surface area contributed by atoms with E-state index in [0.717, 1.165) is 22.9 Å². The van der Waals surface area contributed by atoms with Crippen molar-refractivity contribution >= 4 is 21.4 Å². The molecule has 0 fully saturated rings. The fourth-order valence-corrected chi connectivity index (χ4v) is 3.19. The first kappa shape index (κ1) is 13.5. The van der Waals surface area contributed by atoms with Crippen LogP contribution >= 0.6 is 11.3 Å². The van der Waals surface area contributed by atoms with Gasteiger partial charge in [-0.05, 0) is 42.3 Å². The van der Waals surface area contributed by atoms with Gasteiger partial charge in [-0.2, -0.15) is 0 Å². The van der Waals surface area contributed by atoms with Crippen molar-refractivity contribution in [3.05, 3.63) is 35.0 Å². The van der Waals surface area contributed by atoms with Gasteiger partial charge in [-0.3, -0.25) is 11.3 Å². The smallest absolute Gasteiger partial charge is 0.124 e. The topological polar surface area (TPSA) is 38.0 Å². The molecule has 98 valence electrons. The molecule has 0 saturated heterocycles. The molecule has 2 aromatic rings. The first-order chi connectivity index (χ1) is 8.60. The largest absolute Gasteiger partial charge is 0.271 e. The molecule has 0 spiro atoms. The van der Waals surface area contributed by atoms with Crippen LogP contribution in [-0.2, 0) is 0 Å². The number of hydrogen-bond acceptors (Lipinski definition) is 3. The SMILES string of the molecule is CC(C)CCC(NN)c1cc2ccc(F)cc2s1. The summed E-state index contributed by atoms with van der Waals surface area (Å²) in [6, 6.07) is 7.16. The van der Waals surface area contributed by atoms with Gasteiger partial charge in [0, 0.05) is 9.58 Å². The highest BCUT2D eigenvalue weighted by atomic mass is 32.1. The first-order valence-electron chi connectivity index (χ1n) is 6.25. The molecule has 0 saturated carbocycles. The maximum absolute atomic E-state index is 13.1. The maximum atomic E-state index is 13.1. The quantitative estimate of drug-likeness (QED) is 0.634. The van der Waals surface area contributed by atoms with Gasteiger partial charge in [0.15, 0.2) is 0 Å². The highest BCUT2D eigenvalue weighted by molar-refractivity contribution is 7.19. The molecular weight excluding hydrogens is 247 g/mol. The highest BCUT2D eigenvalue weighted by Crippen LogP contribution is 2.32. The molecule has 0 aliphatic carbocycles. The van der Waals surface area contributed by atoms with Gasteiger partial charge in [0.1, 0.15) is 5.82 Å². The number of fused-ring (bicyclic) bond motifs is 1. The lowest BCUT2D eigenvalue weighted by Gasteiger charge is -2.15. The summed E-state index contributed by atoms with van der Waals surface area (Å²) in [5.74, 6) is 6.10. The summed E-state index contributed by atoms with van der Waals surface area (Å²) in [5.41, 5.74) is 2.87. The van der Waals surface area contributed by atoms with Crippen molar-refractivity contribution in [2.24, 2.45) is 11.8 Å². The highest BCUT2D eigenvalue weighted by Gasteiger charge is 2.13. The van der Waals surface area contributed by atoms with Crippen LogP contribution in [0.3, 0.4) is 0 Å². The Morgan fingerprint density at radius 3 is 2.72 bits per heavy atom. The lowest BCUT2D eigenvalue weighted by Crippen LogP contribution is -2.27. The van der Waals surface area contributed by atoms with Gasteiger partial charge in [0.05, 0.1) is 6.04 Å². The third-order valence-corrected chi connectivity index (χ3v) is 4.29. The van der Waals surface area contributed by atoms with Crippen molar-refractivity contribution < 1.29 is 4.39 Å². The average molecular weight is 266 g/mol.